The fraction of sp³-hybridized carbons (Fsp3) is 0.333. The van der Waals surface area contributed by atoms with E-state index in [-0.39, 0.29) is 5.78 Å². The summed E-state index contributed by atoms with van der Waals surface area (Å²) in [6.07, 6.45) is 0.333. The van der Waals surface area contributed by atoms with Crippen LogP contribution in [-0.2, 0) is 4.79 Å². The molecule has 1 aromatic carbocycles. The molecule has 5 nitrogen and oxygen atoms in total. The van der Waals surface area contributed by atoms with E-state index in [9.17, 15) is 9.59 Å². The maximum atomic E-state index is 11.1. The fourth-order valence-electron chi connectivity index (χ4n) is 1.34. The van der Waals surface area contributed by atoms with Crippen molar-refractivity contribution in [3.63, 3.8) is 0 Å². The molecule has 1 unspecified atom stereocenters. The van der Waals surface area contributed by atoms with Crippen molar-refractivity contribution in [2.45, 2.75) is 19.4 Å². The van der Waals surface area contributed by atoms with E-state index < -0.39 is 12.0 Å². The number of carboxylic acids is 1. The second kappa shape index (κ2) is 6.00. The molecule has 1 atom stereocenters. The Bertz CT molecular complexity index is 418. The maximum absolute atomic E-state index is 11.1. The number of hydrogen-bond acceptors (Lipinski definition) is 4. The van der Waals surface area contributed by atoms with Gasteiger partial charge in [-0.2, -0.15) is 0 Å². The molecule has 0 bridgehead atoms. The molecule has 0 aliphatic heterocycles. The van der Waals surface area contributed by atoms with Gasteiger partial charge in [0.15, 0.2) is 5.78 Å². The number of hydrogen-bond donors (Lipinski definition) is 3. The van der Waals surface area contributed by atoms with Crippen LogP contribution in [0.5, 0.6) is 0 Å². The Balaban J connectivity index is 2.49. The first-order valence-corrected chi connectivity index (χ1v) is 5.34. The summed E-state index contributed by atoms with van der Waals surface area (Å²) in [5.74, 6) is -1.01. The van der Waals surface area contributed by atoms with E-state index in [1.165, 1.54) is 6.92 Å². The zero-order valence-electron chi connectivity index (χ0n) is 9.64. The van der Waals surface area contributed by atoms with Crippen LogP contribution in [-0.4, -0.2) is 29.4 Å². The van der Waals surface area contributed by atoms with Crippen LogP contribution in [0.1, 0.15) is 23.7 Å². The number of carbonyl (C=O) groups is 2. The molecule has 17 heavy (non-hydrogen) atoms. The van der Waals surface area contributed by atoms with Gasteiger partial charge in [0.25, 0.3) is 0 Å². The third-order valence-electron chi connectivity index (χ3n) is 2.37. The van der Waals surface area contributed by atoms with E-state index in [1.54, 1.807) is 18.2 Å². The normalized spacial score (nSPS) is 11.9. The van der Waals surface area contributed by atoms with E-state index in [4.69, 9.17) is 10.8 Å². The van der Waals surface area contributed by atoms with Crippen molar-refractivity contribution in [2.75, 3.05) is 11.9 Å². The van der Waals surface area contributed by atoms with Crippen LogP contribution >= 0.6 is 0 Å². The molecule has 92 valence electrons. The molecule has 0 amide bonds. The lowest BCUT2D eigenvalue weighted by Crippen LogP contribution is -2.32. The van der Waals surface area contributed by atoms with Gasteiger partial charge in [0.05, 0.1) is 0 Å². The van der Waals surface area contributed by atoms with Gasteiger partial charge in [-0.25, -0.2) is 0 Å². The minimum absolute atomic E-state index is 0.00381. The third-order valence-corrected chi connectivity index (χ3v) is 2.37. The van der Waals surface area contributed by atoms with E-state index in [2.05, 4.69) is 5.32 Å². The van der Waals surface area contributed by atoms with Gasteiger partial charge >= 0.3 is 5.97 Å². The Labute approximate surface area is 99.6 Å². The van der Waals surface area contributed by atoms with E-state index in [0.29, 0.717) is 18.5 Å². The molecule has 1 aromatic rings. The van der Waals surface area contributed by atoms with Crippen LogP contribution in [0, 0.1) is 0 Å². The average Bonchev–Trinajstić information content (AvgIpc) is 2.29. The molecular formula is C12H16N2O3. The quantitative estimate of drug-likeness (QED) is 0.643. The molecule has 0 saturated carbocycles. The highest BCUT2D eigenvalue weighted by Crippen LogP contribution is 2.11. The smallest absolute Gasteiger partial charge is 0.320 e. The molecule has 1 rings (SSSR count). The lowest BCUT2D eigenvalue weighted by atomic mass is 10.1. The average molecular weight is 236 g/mol. The number of nitrogens with one attached hydrogen (secondary N) is 1. The predicted octanol–water partition coefficient (Wildman–Crippen LogP) is 1.10. The summed E-state index contributed by atoms with van der Waals surface area (Å²) >= 11 is 0. The second-order valence-corrected chi connectivity index (χ2v) is 3.80. The monoisotopic (exact) mass is 236 g/mol. The topological polar surface area (TPSA) is 92.4 Å². The standard InChI is InChI=1S/C12H16N2O3/c1-8(15)9-3-2-4-10(7-9)14-6-5-11(13)12(16)17/h2-4,7,11,14H,5-6,13H2,1H3,(H,16,17). The number of carboxylic acid groups (broad SMARTS) is 1. The first kappa shape index (κ1) is 13.2. The summed E-state index contributed by atoms with van der Waals surface area (Å²) < 4.78 is 0. The summed E-state index contributed by atoms with van der Waals surface area (Å²) in [6, 6.07) is 6.19. The maximum Gasteiger partial charge on any atom is 0.320 e. The van der Waals surface area contributed by atoms with Gasteiger partial charge in [0, 0.05) is 17.8 Å². The van der Waals surface area contributed by atoms with E-state index in [0.717, 1.165) is 5.69 Å². The molecule has 0 spiro atoms. The van der Waals surface area contributed by atoms with Crippen LogP contribution in [0.2, 0.25) is 0 Å². The lowest BCUT2D eigenvalue weighted by molar-refractivity contribution is -0.138. The van der Waals surface area contributed by atoms with Gasteiger partial charge in [0.2, 0.25) is 0 Å². The van der Waals surface area contributed by atoms with Crippen molar-refractivity contribution in [1.82, 2.24) is 0 Å². The number of rotatable bonds is 6. The van der Waals surface area contributed by atoms with Crippen molar-refractivity contribution in [2.24, 2.45) is 5.73 Å². The Morgan fingerprint density at radius 1 is 1.47 bits per heavy atom. The minimum Gasteiger partial charge on any atom is -0.480 e. The van der Waals surface area contributed by atoms with Crippen molar-refractivity contribution in [3.05, 3.63) is 29.8 Å². The van der Waals surface area contributed by atoms with E-state index in [1.807, 2.05) is 6.07 Å². The molecule has 5 heteroatoms. The van der Waals surface area contributed by atoms with Crippen molar-refractivity contribution in [1.29, 1.82) is 0 Å². The van der Waals surface area contributed by atoms with Crippen molar-refractivity contribution in [3.8, 4) is 0 Å². The zero-order chi connectivity index (χ0) is 12.8. The Hall–Kier alpha value is -1.88. The third kappa shape index (κ3) is 4.24. The SMILES string of the molecule is CC(=O)c1cccc(NCCC(N)C(=O)O)c1. The largest absolute Gasteiger partial charge is 0.480 e. The van der Waals surface area contributed by atoms with Gasteiger partial charge < -0.3 is 16.2 Å². The van der Waals surface area contributed by atoms with Gasteiger partial charge in [-0.05, 0) is 25.5 Å². The van der Waals surface area contributed by atoms with Crippen molar-refractivity contribution >= 4 is 17.4 Å². The van der Waals surface area contributed by atoms with Crippen molar-refractivity contribution < 1.29 is 14.7 Å². The first-order chi connectivity index (χ1) is 8.00. The van der Waals surface area contributed by atoms with Crippen LogP contribution < -0.4 is 11.1 Å². The highest BCUT2D eigenvalue weighted by molar-refractivity contribution is 5.94. The van der Waals surface area contributed by atoms with Crippen LogP contribution in [0.15, 0.2) is 24.3 Å². The summed E-state index contributed by atoms with van der Waals surface area (Å²) in [5.41, 5.74) is 6.78. The number of benzene rings is 1. The molecule has 0 aromatic heterocycles. The highest BCUT2D eigenvalue weighted by Gasteiger charge is 2.10. The minimum atomic E-state index is -1.01. The molecule has 0 fully saturated rings. The molecule has 0 saturated heterocycles. The first-order valence-electron chi connectivity index (χ1n) is 5.34. The van der Waals surface area contributed by atoms with Gasteiger partial charge in [0.1, 0.15) is 6.04 Å². The van der Waals surface area contributed by atoms with Gasteiger partial charge in [-0.1, -0.05) is 12.1 Å². The molecule has 0 radical (unpaired) electrons. The highest BCUT2D eigenvalue weighted by atomic mass is 16.4. The fourth-order valence-corrected chi connectivity index (χ4v) is 1.34. The molecular weight excluding hydrogens is 220 g/mol. The van der Waals surface area contributed by atoms with Crippen LogP contribution in [0.3, 0.4) is 0 Å². The van der Waals surface area contributed by atoms with Crippen LogP contribution in [0.25, 0.3) is 0 Å². The Kier molecular flexibility index (Phi) is 4.66. The van der Waals surface area contributed by atoms with E-state index >= 15 is 0 Å². The van der Waals surface area contributed by atoms with Crippen LogP contribution in [0.4, 0.5) is 5.69 Å². The summed E-state index contributed by atoms with van der Waals surface area (Å²) in [4.78, 5) is 21.6. The summed E-state index contributed by atoms with van der Waals surface area (Å²) in [6.45, 7) is 1.95. The second-order valence-electron chi connectivity index (χ2n) is 3.80. The number of aliphatic carboxylic acids is 1. The molecule has 0 heterocycles. The summed E-state index contributed by atoms with van der Waals surface area (Å²) in [7, 11) is 0. The predicted molar refractivity (Wildman–Crippen MR) is 65.2 cm³/mol. The number of Topliss-reactive ketones (excluding diaryl/α,β-unsaturated/α-hetero) is 1. The van der Waals surface area contributed by atoms with Gasteiger partial charge in [-0.3, -0.25) is 9.59 Å². The zero-order valence-corrected chi connectivity index (χ0v) is 9.64. The summed E-state index contributed by atoms with van der Waals surface area (Å²) in [5, 5.41) is 11.6. The number of ketones is 1. The number of carbonyl (C=O) groups excluding carboxylic acids is 1. The van der Waals surface area contributed by atoms with Gasteiger partial charge in [-0.15, -0.1) is 0 Å². The Morgan fingerprint density at radius 2 is 2.18 bits per heavy atom. The number of nitrogens with two attached hydrogens (primary N) is 1. The lowest BCUT2D eigenvalue weighted by Gasteiger charge is -2.09. The molecule has 0 aliphatic rings. The molecule has 4 N–H and O–H groups in total. The Morgan fingerprint density at radius 3 is 2.76 bits per heavy atom. The number of anilines is 1. The molecule has 0 aliphatic carbocycles.